The van der Waals surface area contributed by atoms with Crippen LogP contribution in [0.1, 0.15) is 34.7 Å². The number of hydrogen-bond donors (Lipinski definition) is 6. The van der Waals surface area contributed by atoms with E-state index < -0.39 is 41.7 Å². The number of hydrogen-bond acceptors (Lipinski definition) is 7. The molecule has 2 aliphatic heterocycles. The fourth-order valence-corrected chi connectivity index (χ4v) is 5.46. The van der Waals surface area contributed by atoms with Crippen molar-refractivity contribution in [1.29, 1.82) is 0 Å². The summed E-state index contributed by atoms with van der Waals surface area (Å²) in [6.45, 7) is 0. The zero-order chi connectivity index (χ0) is 23.9. The number of aromatic hydroxyl groups is 1. The Bertz CT molecular complexity index is 1170. The molecular formula is C26H27N3O5. The molecule has 3 aromatic rings. The fraction of sp³-hybridized carbons (Fsp3) is 0.269. The Kier molecular flexibility index (Phi) is 5.75. The molecule has 2 fully saturated rings. The van der Waals surface area contributed by atoms with Crippen LogP contribution in [0.2, 0.25) is 0 Å². The molecule has 2 heterocycles. The monoisotopic (exact) mass is 461 g/mol. The van der Waals surface area contributed by atoms with Gasteiger partial charge in [0.2, 0.25) is 0 Å². The zero-order valence-electron chi connectivity index (χ0n) is 18.6. The second kappa shape index (κ2) is 8.73. The average Bonchev–Trinajstić information content (AvgIpc) is 3.29. The van der Waals surface area contributed by atoms with Crippen LogP contribution in [-0.2, 0) is 4.79 Å². The highest BCUT2D eigenvalue weighted by Gasteiger charge is 2.64. The normalized spacial score (nSPS) is 30.5. The summed E-state index contributed by atoms with van der Waals surface area (Å²) in [5.74, 6) is -2.26. The number of methoxy groups -OCH3 is 1. The van der Waals surface area contributed by atoms with E-state index in [1.807, 2.05) is 42.5 Å². The van der Waals surface area contributed by atoms with Gasteiger partial charge in [-0.25, -0.2) is 15.6 Å². The maximum atomic E-state index is 12.9. The Morgan fingerprint density at radius 2 is 1.56 bits per heavy atom. The number of carboxylic acids is 1. The second-order valence-corrected chi connectivity index (χ2v) is 8.76. The van der Waals surface area contributed by atoms with Crippen LogP contribution in [0, 0.1) is 5.92 Å². The summed E-state index contributed by atoms with van der Waals surface area (Å²) in [6, 6.07) is 22.1. The third kappa shape index (κ3) is 3.52. The number of phenols is 1. The molecule has 0 aliphatic carbocycles. The van der Waals surface area contributed by atoms with Crippen LogP contribution in [0.3, 0.4) is 0 Å². The minimum atomic E-state index is -2.18. The highest BCUT2D eigenvalue weighted by Crippen LogP contribution is 2.53. The molecule has 176 valence electrons. The summed E-state index contributed by atoms with van der Waals surface area (Å²) < 4.78 is 5.25. The SMILES string of the molecule is COc1ccc(C2NNC3NC(c4ccccc4O)C(c4ccccc4)C(O)(C(=O)O)C32)cc1. The van der Waals surface area contributed by atoms with Gasteiger partial charge in [-0.05, 0) is 29.3 Å². The third-order valence-corrected chi connectivity index (χ3v) is 7.04. The summed E-state index contributed by atoms with van der Waals surface area (Å²) in [7, 11) is 1.58. The Morgan fingerprint density at radius 3 is 2.21 bits per heavy atom. The van der Waals surface area contributed by atoms with E-state index in [9.17, 15) is 20.1 Å². The first-order chi connectivity index (χ1) is 16.4. The highest BCUT2D eigenvalue weighted by molar-refractivity contribution is 5.80. The number of ether oxygens (including phenoxy) is 1. The molecular weight excluding hydrogens is 434 g/mol. The van der Waals surface area contributed by atoms with Gasteiger partial charge in [0, 0.05) is 23.4 Å². The molecule has 0 radical (unpaired) electrons. The van der Waals surface area contributed by atoms with Crippen molar-refractivity contribution in [3.63, 3.8) is 0 Å². The van der Waals surface area contributed by atoms with Crippen molar-refractivity contribution >= 4 is 5.97 Å². The lowest BCUT2D eigenvalue weighted by Gasteiger charge is -2.50. The average molecular weight is 462 g/mol. The summed E-state index contributed by atoms with van der Waals surface area (Å²) in [5, 5.41) is 36.8. The molecule has 6 unspecified atom stereocenters. The van der Waals surface area contributed by atoms with Crippen LogP contribution in [-0.4, -0.2) is 40.2 Å². The number of hydrazine groups is 1. The van der Waals surface area contributed by atoms with Gasteiger partial charge < -0.3 is 20.1 Å². The molecule has 2 aliphatic rings. The molecule has 0 amide bonds. The van der Waals surface area contributed by atoms with Gasteiger partial charge in [-0.3, -0.25) is 5.32 Å². The van der Waals surface area contributed by atoms with Crippen molar-refractivity contribution < 1.29 is 24.9 Å². The van der Waals surface area contributed by atoms with Crippen molar-refractivity contribution in [2.45, 2.75) is 29.8 Å². The van der Waals surface area contributed by atoms with Gasteiger partial charge in [0.15, 0.2) is 5.60 Å². The Balaban J connectivity index is 1.66. The maximum absolute atomic E-state index is 12.9. The number of nitrogens with one attached hydrogen (secondary N) is 3. The Hall–Kier alpha value is -3.43. The van der Waals surface area contributed by atoms with Gasteiger partial charge in [0.25, 0.3) is 0 Å². The summed E-state index contributed by atoms with van der Waals surface area (Å²) in [4.78, 5) is 12.9. The lowest BCUT2D eigenvalue weighted by atomic mass is 9.62. The van der Waals surface area contributed by atoms with Crippen molar-refractivity contribution in [3.8, 4) is 11.5 Å². The predicted octanol–water partition coefficient (Wildman–Crippen LogP) is 2.44. The zero-order valence-corrected chi connectivity index (χ0v) is 18.6. The van der Waals surface area contributed by atoms with Gasteiger partial charge in [-0.1, -0.05) is 60.7 Å². The van der Waals surface area contributed by atoms with Gasteiger partial charge in [0.05, 0.1) is 19.3 Å². The molecule has 5 rings (SSSR count). The van der Waals surface area contributed by atoms with E-state index in [4.69, 9.17) is 4.74 Å². The fourth-order valence-electron chi connectivity index (χ4n) is 5.46. The first-order valence-electron chi connectivity index (χ1n) is 11.1. The number of piperidine rings is 1. The van der Waals surface area contributed by atoms with Crippen LogP contribution in [0.15, 0.2) is 78.9 Å². The number of aliphatic hydroxyl groups is 1. The van der Waals surface area contributed by atoms with Crippen LogP contribution >= 0.6 is 0 Å². The largest absolute Gasteiger partial charge is 0.508 e. The second-order valence-electron chi connectivity index (χ2n) is 8.76. The number of para-hydroxylation sites is 1. The molecule has 0 aromatic heterocycles. The molecule has 8 nitrogen and oxygen atoms in total. The van der Waals surface area contributed by atoms with E-state index in [1.54, 1.807) is 43.5 Å². The number of phenolic OH excluding ortho intramolecular Hbond substituents is 1. The van der Waals surface area contributed by atoms with Crippen LogP contribution in [0.4, 0.5) is 0 Å². The van der Waals surface area contributed by atoms with Crippen molar-refractivity contribution in [2.75, 3.05) is 7.11 Å². The minimum Gasteiger partial charge on any atom is -0.508 e. The molecule has 8 heteroatoms. The Morgan fingerprint density at radius 1 is 0.882 bits per heavy atom. The van der Waals surface area contributed by atoms with Crippen LogP contribution < -0.4 is 20.9 Å². The van der Waals surface area contributed by atoms with Gasteiger partial charge in [-0.2, -0.15) is 0 Å². The number of carboxylic acid groups (broad SMARTS) is 1. The Labute approximate surface area is 197 Å². The topological polar surface area (TPSA) is 123 Å². The molecule has 0 spiro atoms. The molecule has 0 saturated carbocycles. The van der Waals surface area contributed by atoms with Crippen molar-refractivity contribution in [3.05, 3.63) is 95.6 Å². The minimum absolute atomic E-state index is 0.0322. The van der Waals surface area contributed by atoms with E-state index in [1.165, 1.54) is 0 Å². The predicted molar refractivity (Wildman–Crippen MR) is 125 cm³/mol. The number of aliphatic carboxylic acids is 1. The maximum Gasteiger partial charge on any atom is 0.336 e. The molecule has 3 aromatic carbocycles. The van der Waals surface area contributed by atoms with E-state index in [0.717, 1.165) is 5.56 Å². The molecule has 34 heavy (non-hydrogen) atoms. The molecule has 0 bridgehead atoms. The van der Waals surface area contributed by atoms with Gasteiger partial charge >= 0.3 is 5.97 Å². The standard InChI is InChI=1S/C26H27N3O5/c1-34-17-13-11-16(12-14-17)22-21-24(29-28-22)27-23(18-9-5-6-10-19(18)30)20(26(21,33)25(31)32)15-7-3-2-4-8-15/h2-14,20-24,27-30,33H,1H3,(H,31,32). The third-order valence-electron chi connectivity index (χ3n) is 7.04. The number of rotatable bonds is 5. The number of benzene rings is 3. The van der Waals surface area contributed by atoms with E-state index >= 15 is 0 Å². The molecule has 6 N–H and O–H groups in total. The quantitative estimate of drug-likeness (QED) is 0.343. The van der Waals surface area contributed by atoms with E-state index in [0.29, 0.717) is 16.9 Å². The van der Waals surface area contributed by atoms with Gasteiger partial charge in [-0.15, -0.1) is 0 Å². The van der Waals surface area contributed by atoms with Crippen LogP contribution in [0.5, 0.6) is 11.5 Å². The summed E-state index contributed by atoms with van der Waals surface area (Å²) in [5.41, 5.74) is 6.14. The van der Waals surface area contributed by atoms with Crippen molar-refractivity contribution in [1.82, 2.24) is 16.2 Å². The van der Waals surface area contributed by atoms with E-state index in [2.05, 4.69) is 16.2 Å². The van der Waals surface area contributed by atoms with Crippen molar-refractivity contribution in [2.24, 2.45) is 5.92 Å². The molecule has 2 saturated heterocycles. The number of fused-ring (bicyclic) bond motifs is 1. The van der Waals surface area contributed by atoms with Gasteiger partial charge in [0.1, 0.15) is 11.5 Å². The van der Waals surface area contributed by atoms with Crippen LogP contribution in [0.25, 0.3) is 0 Å². The highest BCUT2D eigenvalue weighted by atomic mass is 16.5. The molecule has 6 atom stereocenters. The lowest BCUT2D eigenvalue weighted by Crippen LogP contribution is -2.66. The summed E-state index contributed by atoms with van der Waals surface area (Å²) in [6.07, 6.45) is -0.585. The lowest BCUT2D eigenvalue weighted by molar-refractivity contribution is -0.177. The van der Waals surface area contributed by atoms with E-state index in [-0.39, 0.29) is 5.75 Å². The smallest absolute Gasteiger partial charge is 0.336 e. The first kappa shape index (κ1) is 22.4. The first-order valence-corrected chi connectivity index (χ1v) is 11.1. The summed E-state index contributed by atoms with van der Waals surface area (Å²) >= 11 is 0. The number of carbonyl (C=O) groups is 1.